The topological polar surface area (TPSA) is 64.1 Å². The summed E-state index contributed by atoms with van der Waals surface area (Å²) in [6.45, 7) is 1.52. The number of fused-ring (bicyclic) bond motifs is 2. The third-order valence-electron chi connectivity index (χ3n) is 4.72. The van der Waals surface area contributed by atoms with Crippen LogP contribution in [0.3, 0.4) is 0 Å². The van der Waals surface area contributed by atoms with Gasteiger partial charge in [0, 0.05) is 5.92 Å². The van der Waals surface area contributed by atoms with Crippen LogP contribution in [0.15, 0.2) is 12.1 Å². The zero-order chi connectivity index (χ0) is 15.2. The van der Waals surface area contributed by atoms with Gasteiger partial charge in [-0.2, -0.15) is 0 Å². The van der Waals surface area contributed by atoms with Crippen molar-refractivity contribution in [2.45, 2.75) is 49.5 Å². The second-order valence-electron chi connectivity index (χ2n) is 6.06. The number of hydrogen-bond donors (Lipinski definition) is 0. The number of aromatic nitrogens is 1. The van der Waals surface area contributed by atoms with Gasteiger partial charge < -0.3 is 0 Å². The molecule has 3 rings (SSSR count). The molecule has 0 radical (unpaired) electrons. The van der Waals surface area contributed by atoms with Crippen molar-refractivity contribution in [1.82, 2.24) is 4.98 Å². The highest BCUT2D eigenvalue weighted by molar-refractivity contribution is 7.92. The van der Waals surface area contributed by atoms with Gasteiger partial charge in [0.05, 0.1) is 16.2 Å². The van der Waals surface area contributed by atoms with E-state index in [9.17, 15) is 17.6 Å². The molecule has 21 heavy (non-hydrogen) atoms. The molecule has 2 bridgehead atoms. The first kappa shape index (κ1) is 14.6. The standard InChI is InChI=1S/C15H18FNO3S/c1-9-13(16)5-6-14(17-9)15(18)10-7-11-3-2-4-12(8-10)21(11,19)20/h5-6,10-12H,2-4,7-8H2,1H3. The molecule has 0 aliphatic carbocycles. The smallest absolute Gasteiger partial charge is 0.184 e. The van der Waals surface area contributed by atoms with E-state index in [0.717, 1.165) is 6.42 Å². The molecule has 2 aliphatic rings. The van der Waals surface area contributed by atoms with Crippen LogP contribution >= 0.6 is 0 Å². The van der Waals surface area contributed by atoms with Crippen LogP contribution in [0.1, 0.15) is 48.3 Å². The number of halogens is 1. The fourth-order valence-electron chi connectivity index (χ4n) is 3.51. The zero-order valence-corrected chi connectivity index (χ0v) is 12.7. The molecular formula is C15H18FNO3S. The third kappa shape index (κ3) is 2.50. The van der Waals surface area contributed by atoms with Crippen molar-refractivity contribution in [3.63, 3.8) is 0 Å². The molecular weight excluding hydrogens is 293 g/mol. The SMILES string of the molecule is Cc1nc(C(=O)C2CC3CCCC(C2)S3(=O)=O)ccc1F. The molecule has 2 fully saturated rings. The van der Waals surface area contributed by atoms with Crippen molar-refractivity contribution in [3.8, 4) is 0 Å². The van der Waals surface area contributed by atoms with Gasteiger partial charge in [-0.25, -0.2) is 17.8 Å². The minimum absolute atomic E-state index is 0.148. The summed E-state index contributed by atoms with van der Waals surface area (Å²) in [7, 11) is -3.06. The number of rotatable bonds is 2. The van der Waals surface area contributed by atoms with Gasteiger partial charge in [-0.05, 0) is 44.7 Å². The fourth-order valence-corrected chi connectivity index (χ4v) is 6.05. The van der Waals surface area contributed by atoms with E-state index in [1.165, 1.54) is 19.1 Å². The quantitative estimate of drug-likeness (QED) is 0.787. The Morgan fingerprint density at radius 2 is 1.86 bits per heavy atom. The van der Waals surface area contributed by atoms with Crippen LogP contribution < -0.4 is 0 Å². The molecule has 2 atom stereocenters. The number of ketones is 1. The van der Waals surface area contributed by atoms with Gasteiger partial charge in [0.15, 0.2) is 15.6 Å². The monoisotopic (exact) mass is 311 g/mol. The van der Waals surface area contributed by atoms with E-state index < -0.39 is 15.7 Å². The first-order valence-electron chi connectivity index (χ1n) is 7.29. The maximum atomic E-state index is 13.2. The average Bonchev–Trinajstić information content (AvgIpc) is 2.40. The van der Waals surface area contributed by atoms with Crippen LogP contribution in [0, 0.1) is 18.7 Å². The highest BCUT2D eigenvalue weighted by Crippen LogP contribution is 2.40. The molecule has 2 saturated heterocycles. The number of hydrogen-bond acceptors (Lipinski definition) is 4. The van der Waals surface area contributed by atoms with E-state index in [-0.39, 0.29) is 33.6 Å². The number of aryl methyl sites for hydroxylation is 1. The highest BCUT2D eigenvalue weighted by atomic mass is 32.2. The van der Waals surface area contributed by atoms with Crippen molar-refractivity contribution in [2.24, 2.45) is 5.92 Å². The lowest BCUT2D eigenvalue weighted by Gasteiger charge is -2.37. The number of sulfone groups is 1. The fraction of sp³-hybridized carbons (Fsp3) is 0.600. The van der Waals surface area contributed by atoms with E-state index >= 15 is 0 Å². The molecule has 2 aliphatic heterocycles. The maximum absolute atomic E-state index is 13.2. The average molecular weight is 311 g/mol. The number of carbonyl (C=O) groups excluding carboxylic acids is 1. The minimum atomic E-state index is -3.06. The molecule has 6 heteroatoms. The summed E-state index contributed by atoms with van der Waals surface area (Å²) in [5.41, 5.74) is 0.445. The lowest BCUT2D eigenvalue weighted by atomic mass is 9.85. The third-order valence-corrected chi connectivity index (χ3v) is 7.44. The molecule has 114 valence electrons. The number of nitrogens with zero attached hydrogens (tertiary/aromatic N) is 1. The summed E-state index contributed by atoms with van der Waals surface area (Å²) in [6.07, 6.45) is 2.99. The molecule has 3 heterocycles. The largest absolute Gasteiger partial charge is 0.292 e. The number of carbonyl (C=O) groups is 1. The zero-order valence-electron chi connectivity index (χ0n) is 11.9. The Hall–Kier alpha value is -1.30. The Kier molecular flexibility index (Phi) is 3.59. The second-order valence-corrected chi connectivity index (χ2v) is 8.57. The summed E-state index contributed by atoms with van der Waals surface area (Å²) in [4.78, 5) is 16.5. The van der Waals surface area contributed by atoms with Crippen molar-refractivity contribution < 1.29 is 17.6 Å². The van der Waals surface area contributed by atoms with Crippen molar-refractivity contribution >= 4 is 15.6 Å². The molecule has 1 aromatic rings. The van der Waals surface area contributed by atoms with E-state index in [2.05, 4.69) is 4.98 Å². The van der Waals surface area contributed by atoms with E-state index in [4.69, 9.17) is 0 Å². The van der Waals surface area contributed by atoms with Crippen LogP contribution in [0.25, 0.3) is 0 Å². The first-order chi connectivity index (χ1) is 9.89. The van der Waals surface area contributed by atoms with Crippen molar-refractivity contribution in [1.29, 1.82) is 0 Å². The Labute approximate surface area is 123 Å². The van der Waals surface area contributed by atoms with Gasteiger partial charge in [0.1, 0.15) is 11.5 Å². The van der Waals surface area contributed by atoms with Crippen LogP contribution in [-0.4, -0.2) is 29.7 Å². The summed E-state index contributed by atoms with van der Waals surface area (Å²) >= 11 is 0. The lowest BCUT2D eigenvalue weighted by Crippen LogP contribution is -2.45. The predicted molar refractivity (Wildman–Crippen MR) is 76.3 cm³/mol. The van der Waals surface area contributed by atoms with Gasteiger partial charge in [-0.15, -0.1) is 0 Å². The Morgan fingerprint density at radius 1 is 1.24 bits per heavy atom. The number of pyridine rings is 1. The molecule has 0 N–H and O–H groups in total. The normalized spacial score (nSPS) is 30.9. The highest BCUT2D eigenvalue weighted by Gasteiger charge is 2.46. The molecule has 1 aromatic heterocycles. The maximum Gasteiger partial charge on any atom is 0.184 e. The van der Waals surface area contributed by atoms with Crippen LogP contribution in [0.5, 0.6) is 0 Å². The predicted octanol–water partition coefficient (Wildman–Crippen LogP) is 2.46. The van der Waals surface area contributed by atoms with Crippen molar-refractivity contribution in [2.75, 3.05) is 0 Å². The number of Topliss-reactive ketones (excluding diaryl/α,β-unsaturated/α-hetero) is 1. The summed E-state index contributed by atoms with van der Waals surface area (Å²) < 4.78 is 37.7. The molecule has 0 amide bonds. The summed E-state index contributed by atoms with van der Waals surface area (Å²) in [6, 6.07) is 2.64. The van der Waals surface area contributed by atoms with E-state index in [1.54, 1.807) is 0 Å². The molecule has 0 saturated carbocycles. The molecule has 0 spiro atoms. The van der Waals surface area contributed by atoms with Gasteiger partial charge in [-0.1, -0.05) is 6.42 Å². The Balaban J connectivity index is 1.85. The Morgan fingerprint density at radius 3 is 2.43 bits per heavy atom. The van der Waals surface area contributed by atoms with Gasteiger partial charge in [0.2, 0.25) is 0 Å². The van der Waals surface area contributed by atoms with E-state index in [0.29, 0.717) is 25.7 Å². The first-order valence-corrected chi connectivity index (χ1v) is 8.90. The van der Waals surface area contributed by atoms with Crippen molar-refractivity contribution in [3.05, 3.63) is 29.3 Å². The summed E-state index contributed by atoms with van der Waals surface area (Å²) in [5, 5.41) is -0.777. The van der Waals surface area contributed by atoms with Crippen LogP contribution in [0.2, 0.25) is 0 Å². The summed E-state index contributed by atoms with van der Waals surface area (Å²) in [5.74, 6) is -0.888. The Bertz CT molecular complexity index is 666. The molecule has 0 aromatic carbocycles. The van der Waals surface area contributed by atoms with E-state index in [1.807, 2.05) is 0 Å². The van der Waals surface area contributed by atoms with Gasteiger partial charge >= 0.3 is 0 Å². The molecule has 2 unspecified atom stereocenters. The second kappa shape index (κ2) is 5.16. The van der Waals surface area contributed by atoms with Crippen LogP contribution in [-0.2, 0) is 9.84 Å². The molecule has 4 nitrogen and oxygen atoms in total. The lowest BCUT2D eigenvalue weighted by molar-refractivity contribution is 0.0888. The minimum Gasteiger partial charge on any atom is -0.292 e. The van der Waals surface area contributed by atoms with Gasteiger partial charge in [-0.3, -0.25) is 4.79 Å². The van der Waals surface area contributed by atoms with Gasteiger partial charge in [0.25, 0.3) is 0 Å². The van der Waals surface area contributed by atoms with Crippen LogP contribution in [0.4, 0.5) is 4.39 Å².